The predicted octanol–water partition coefficient (Wildman–Crippen LogP) is 2.55. The van der Waals surface area contributed by atoms with Gasteiger partial charge >= 0.3 is 5.97 Å². The van der Waals surface area contributed by atoms with Crippen molar-refractivity contribution in [2.45, 2.75) is 52.6 Å². The Morgan fingerprint density at radius 2 is 1.95 bits per heavy atom. The fourth-order valence-corrected chi connectivity index (χ4v) is 3.41. The Bertz CT molecular complexity index is 564. The highest BCUT2D eigenvalue weighted by atomic mass is 32.1. The molecule has 1 aliphatic carbocycles. The Labute approximate surface area is 129 Å². The van der Waals surface area contributed by atoms with Gasteiger partial charge in [-0.25, -0.2) is 0 Å². The van der Waals surface area contributed by atoms with Crippen LogP contribution < -0.4 is 5.32 Å². The lowest BCUT2D eigenvalue weighted by atomic mass is 10.2. The number of nitrogens with zero attached hydrogens (tertiary/aromatic N) is 1. The van der Waals surface area contributed by atoms with Gasteiger partial charge < -0.3 is 10.4 Å². The minimum absolute atomic E-state index is 0.133. The number of nitrogens with one attached hydrogen (secondary N) is 1. The van der Waals surface area contributed by atoms with Crippen LogP contribution in [0.15, 0.2) is 0 Å². The maximum absolute atomic E-state index is 12.2. The zero-order valence-corrected chi connectivity index (χ0v) is 13.7. The van der Waals surface area contributed by atoms with Crippen LogP contribution in [0.3, 0.4) is 0 Å². The van der Waals surface area contributed by atoms with Crippen molar-refractivity contribution in [3.63, 3.8) is 0 Å². The van der Waals surface area contributed by atoms with Crippen molar-refractivity contribution in [3.8, 4) is 0 Å². The molecule has 1 saturated carbocycles. The van der Waals surface area contributed by atoms with E-state index in [1.807, 2.05) is 20.8 Å². The number of amides is 1. The Hall–Kier alpha value is -1.40. The van der Waals surface area contributed by atoms with E-state index in [-0.39, 0.29) is 18.5 Å². The molecule has 2 N–H and O–H groups in total. The summed E-state index contributed by atoms with van der Waals surface area (Å²) in [4.78, 5) is 26.3. The molecule has 0 aromatic carbocycles. The average molecular weight is 310 g/mol. The third kappa shape index (κ3) is 3.63. The van der Waals surface area contributed by atoms with Crippen molar-refractivity contribution >= 4 is 28.2 Å². The van der Waals surface area contributed by atoms with Crippen LogP contribution in [0.4, 0.5) is 5.00 Å². The Morgan fingerprint density at radius 1 is 1.33 bits per heavy atom. The molecule has 6 heteroatoms. The first kappa shape index (κ1) is 16.0. The quantitative estimate of drug-likeness (QED) is 0.847. The SMILES string of the molecule is Cc1sc(NC(=O)CN(C2CC2)C(C)C(=O)O)c(C)c1C. The Morgan fingerprint density at radius 3 is 2.38 bits per heavy atom. The molecule has 2 rings (SSSR count). The summed E-state index contributed by atoms with van der Waals surface area (Å²) in [6.45, 7) is 7.84. The highest BCUT2D eigenvalue weighted by Gasteiger charge is 2.36. The lowest BCUT2D eigenvalue weighted by Crippen LogP contribution is -2.44. The van der Waals surface area contributed by atoms with E-state index in [2.05, 4.69) is 5.32 Å². The molecule has 1 unspecified atom stereocenters. The van der Waals surface area contributed by atoms with Gasteiger partial charge in [0, 0.05) is 10.9 Å². The molecule has 1 atom stereocenters. The smallest absolute Gasteiger partial charge is 0.320 e. The van der Waals surface area contributed by atoms with Crippen molar-refractivity contribution < 1.29 is 14.7 Å². The molecule has 1 aromatic rings. The highest BCUT2D eigenvalue weighted by molar-refractivity contribution is 7.16. The molecular weight excluding hydrogens is 288 g/mol. The van der Waals surface area contributed by atoms with E-state index in [1.165, 1.54) is 10.4 Å². The molecule has 21 heavy (non-hydrogen) atoms. The second kappa shape index (κ2) is 6.15. The maximum atomic E-state index is 12.2. The summed E-state index contributed by atoms with van der Waals surface area (Å²) in [5.41, 5.74) is 2.29. The molecule has 1 aromatic heterocycles. The molecule has 0 radical (unpaired) electrons. The van der Waals surface area contributed by atoms with Gasteiger partial charge in [0.25, 0.3) is 0 Å². The largest absolute Gasteiger partial charge is 0.480 e. The summed E-state index contributed by atoms with van der Waals surface area (Å²) in [5.74, 6) is -1.02. The van der Waals surface area contributed by atoms with E-state index in [0.717, 1.165) is 23.4 Å². The van der Waals surface area contributed by atoms with E-state index >= 15 is 0 Å². The topological polar surface area (TPSA) is 69.6 Å². The van der Waals surface area contributed by atoms with Crippen molar-refractivity contribution in [1.82, 2.24) is 4.90 Å². The molecule has 5 nitrogen and oxygen atoms in total. The fraction of sp³-hybridized carbons (Fsp3) is 0.600. The predicted molar refractivity (Wildman–Crippen MR) is 84.0 cm³/mol. The van der Waals surface area contributed by atoms with Gasteiger partial charge in [-0.3, -0.25) is 14.5 Å². The van der Waals surface area contributed by atoms with E-state index in [1.54, 1.807) is 23.2 Å². The Kier molecular flexibility index (Phi) is 4.68. The second-order valence-electron chi connectivity index (χ2n) is 5.70. The number of aliphatic carboxylic acids is 1. The molecule has 1 fully saturated rings. The molecular formula is C15H22N2O3S. The Balaban J connectivity index is 2.02. The number of carboxylic acid groups (broad SMARTS) is 1. The molecule has 0 bridgehead atoms. The van der Waals surface area contributed by atoms with Gasteiger partial charge in [0.2, 0.25) is 5.91 Å². The zero-order valence-electron chi connectivity index (χ0n) is 12.9. The van der Waals surface area contributed by atoms with Crippen LogP contribution in [0.5, 0.6) is 0 Å². The van der Waals surface area contributed by atoms with Gasteiger partial charge in [-0.2, -0.15) is 0 Å². The van der Waals surface area contributed by atoms with Gasteiger partial charge in [-0.1, -0.05) is 0 Å². The van der Waals surface area contributed by atoms with E-state index in [0.29, 0.717) is 0 Å². The minimum atomic E-state index is -0.881. The molecule has 0 aliphatic heterocycles. The summed E-state index contributed by atoms with van der Waals surface area (Å²) < 4.78 is 0. The number of anilines is 1. The maximum Gasteiger partial charge on any atom is 0.320 e. The molecule has 1 heterocycles. The first-order valence-corrected chi connectivity index (χ1v) is 7.98. The van der Waals surface area contributed by atoms with Gasteiger partial charge in [-0.15, -0.1) is 11.3 Å². The van der Waals surface area contributed by atoms with Gasteiger partial charge in [0.1, 0.15) is 6.04 Å². The summed E-state index contributed by atoms with van der Waals surface area (Å²) in [6, 6.07) is -0.397. The third-order valence-corrected chi connectivity index (χ3v) is 5.36. The van der Waals surface area contributed by atoms with E-state index in [4.69, 9.17) is 5.11 Å². The van der Waals surface area contributed by atoms with Crippen LogP contribution >= 0.6 is 11.3 Å². The van der Waals surface area contributed by atoms with Crippen molar-refractivity contribution in [1.29, 1.82) is 0 Å². The van der Waals surface area contributed by atoms with E-state index < -0.39 is 12.0 Å². The van der Waals surface area contributed by atoms with Crippen molar-refractivity contribution in [3.05, 3.63) is 16.0 Å². The first-order valence-electron chi connectivity index (χ1n) is 7.16. The van der Waals surface area contributed by atoms with Crippen LogP contribution in [-0.4, -0.2) is 40.5 Å². The summed E-state index contributed by atoms with van der Waals surface area (Å²) in [5, 5.41) is 12.9. The number of hydrogen-bond acceptors (Lipinski definition) is 4. The number of carboxylic acids is 1. The van der Waals surface area contributed by atoms with Gasteiger partial charge in [0.15, 0.2) is 0 Å². The summed E-state index contributed by atoms with van der Waals surface area (Å²) in [6.07, 6.45) is 1.95. The molecule has 0 saturated heterocycles. The lowest BCUT2D eigenvalue weighted by Gasteiger charge is -2.25. The van der Waals surface area contributed by atoms with Gasteiger partial charge in [0.05, 0.1) is 11.5 Å². The van der Waals surface area contributed by atoms with Crippen LogP contribution in [0.1, 0.15) is 35.8 Å². The first-order chi connectivity index (χ1) is 9.81. The normalized spacial score (nSPS) is 16.0. The minimum Gasteiger partial charge on any atom is -0.480 e. The van der Waals surface area contributed by atoms with Crippen molar-refractivity contribution in [2.75, 3.05) is 11.9 Å². The molecule has 1 aliphatic rings. The number of carbonyl (C=O) groups is 2. The third-order valence-electron chi connectivity index (χ3n) is 4.14. The van der Waals surface area contributed by atoms with Crippen LogP contribution in [-0.2, 0) is 9.59 Å². The zero-order chi connectivity index (χ0) is 15.7. The number of thiophene rings is 1. The highest BCUT2D eigenvalue weighted by Crippen LogP contribution is 2.32. The summed E-state index contributed by atoms with van der Waals surface area (Å²) >= 11 is 1.57. The fourth-order valence-electron chi connectivity index (χ4n) is 2.32. The molecule has 116 valence electrons. The van der Waals surface area contributed by atoms with Crippen molar-refractivity contribution in [2.24, 2.45) is 0 Å². The number of hydrogen-bond donors (Lipinski definition) is 2. The number of carbonyl (C=O) groups excluding carboxylic acids is 1. The number of aryl methyl sites for hydroxylation is 1. The monoisotopic (exact) mass is 310 g/mol. The average Bonchev–Trinajstić information content (AvgIpc) is 3.22. The summed E-state index contributed by atoms with van der Waals surface area (Å²) in [7, 11) is 0. The molecule has 0 spiro atoms. The molecule has 1 amide bonds. The lowest BCUT2D eigenvalue weighted by molar-refractivity contribution is -0.143. The van der Waals surface area contributed by atoms with Crippen LogP contribution in [0, 0.1) is 20.8 Å². The van der Waals surface area contributed by atoms with Crippen LogP contribution in [0.2, 0.25) is 0 Å². The second-order valence-corrected chi connectivity index (χ2v) is 6.93. The number of rotatable bonds is 6. The standard InChI is InChI=1S/C15H22N2O3S/c1-8-9(2)14(21-11(8)4)16-13(18)7-17(12-5-6-12)10(3)15(19)20/h10,12H,5-7H2,1-4H3,(H,16,18)(H,19,20). The van der Waals surface area contributed by atoms with Gasteiger partial charge in [-0.05, 0) is 51.7 Å². The van der Waals surface area contributed by atoms with Crippen LogP contribution in [0.25, 0.3) is 0 Å². The van der Waals surface area contributed by atoms with E-state index in [9.17, 15) is 9.59 Å².